The van der Waals surface area contributed by atoms with Crippen LogP contribution in [0.25, 0.3) is 0 Å². The summed E-state index contributed by atoms with van der Waals surface area (Å²) in [4.78, 5) is 22.5. The van der Waals surface area contributed by atoms with Gasteiger partial charge in [0, 0.05) is 25.1 Å². The van der Waals surface area contributed by atoms with Gasteiger partial charge in [-0.3, -0.25) is 14.9 Å². The Bertz CT molecular complexity index is 835. The molecule has 0 radical (unpaired) electrons. The van der Waals surface area contributed by atoms with Crippen molar-refractivity contribution in [3.63, 3.8) is 0 Å². The summed E-state index contributed by atoms with van der Waals surface area (Å²) in [5.41, 5.74) is 0.0861. The third-order valence-corrected chi connectivity index (χ3v) is 5.71. The highest BCUT2D eigenvalue weighted by atomic mass is 35.5. The summed E-state index contributed by atoms with van der Waals surface area (Å²) in [5, 5.41) is 22.8. The summed E-state index contributed by atoms with van der Waals surface area (Å²) in [7, 11) is 1.91. The second kappa shape index (κ2) is 8.05. The Morgan fingerprint density at radius 3 is 2.85 bits per heavy atom. The molecule has 1 N–H and O–H groups in total. The summed E-state index contributed by atoms with van der Waals surface area (Å²) < 4.78 is 1.94. The number of hydrogen-bond acceptors (Lipinski definition) is 6. The number of nitrogens with zero attached hydrogens (tertiary/aromatic N) is 4. The Balaban J connectivity index is 1.61. The highest BCUT2D eigenvalue weighted by Gasteiger charge is 2.23. The van der Waals surface area contributed by atoms with Gasteiger partial charge in [-0.15, -0.1) is 10.2 Å². The van der Waals surface area contributed by atoms with Crippen LogP contribution in [0.5, 0.6) is 0 Å². The normalized spacial score (nSPS) is 14.5. The van der Waals surface area contributed by atoms with Gasteiger partial charge in [0.25, 0.3) is 5.69 Å². The lowest BCUT2D eigenvalue weighted by Gasteiger charge is -2.09. The highest BCUT2D eigenvalue weighted by Crippen LogP contribution is 2.34. The molecular weight excluding hydrogens is 378 g/mol. The first-order valence-corrected chi connectivity index (χ1v) is 9.58. The predicted molar refractivity (Wildman–Crippen MR) is 99.7 cm³/mol. The van der Waals surface area contributed by atoms with Crippen molar-refractivity contribution < 1.29 is 9.72 Å². The van der Waals surface area contributed by atoms with Gasteiger partial charge >= 0.3 is 0 Å². The predicted octanol–water partition coefficient (Wildman–Crippen LogP) is 3.77. The number of nitro benzene ring substituents is 1. The van der Waals surface area contributed by atoms with Crippen LogP contribution < -0.4 is 5.32 Å². The van der Waals surface area contributed by atoms with E-state index in [-0.39, 0.29) is 28.1 Å². The Hall–Kier alpha value is -2.13. The van der Waals surface area contributed by atoms with Gasteiger partial charge in [-0.2, -0.15) is 0 Å². The number of anilines is 1. The van der Waals surface area contributed by atoms with Crippen molar-refractivity contribution in [1.29, 1.82) is 0 Å². The number of nitro groups is 1. The van der Waals surface area contributed by atoms with Crippen LogP contribution in [0.2, 0.25) is 5.02 Å². The zero-order valence-electron chi connectivity index (χ0n) is 14.1. The van der Waals surface area contributed by atoms with Crippen LogP contribution in [-0.2, 0) is 11.8 Å². The van der Waals surface area contributed by atoms with Gasteiger partial charge in [0.05, 0.1) is 21.4 Å². The molecule has 8 nitrogen and oxygen atoms in total. The van der Waals surface area contributed by atoms with E-state index in [9.17, 15) is 14.9 Å². The maximum Gasteiger partial charge on any atom is 0.271 e. The van der Waals surface area contributed by atoms with Crippen LogP contribution in [0.3, 0.4) is 0 Å². The largest absolute Gasteiger partial charge is 0.324 e. The van der Waals surface area contributed by atoms with E-state index in [4.69, 9.17) is 11.6 Å². The smallest absolute Gasteiger partial charge is 0.271 e. The minimum Gasteiger partial charge on any atom is -0.324 e. The molecule has 1 aliphatic carbocycles. The van der Waals surface area contributed by atoms with Gasteiger partial charge in [-0.05, 0) is 18.9 Å². The number of carbonyl (C=O) groups is 1. The number of non-ortho nitro benzene ring substituents is 1. The van der Waals surface area contributed by atoms with E-state index in [0.29, 0.717) is 11.1 Å². The van der Waals surface area contributed by atoms with Gasteiger partial charge in [0.2, 0.25) is 5.91 Å². The second-order valence-electron chi connectivity index (χ2n) is 6.14. The van der Waals surface area contributed by atoms with Crippen LogP contribution in [0.1, 0.15) is 37.4 Å². The molecule has 1 saturated carbocycles. The number of nitrogens with one attached hydrogen (secondary N) is 1. The number of rotatable bonds is 6. The quantitative estimate of drug-likeness (QED) is 0.453. The van der Waals surface area contributed by atoms with Crippen molar-refractivity contribution >= 4 is 40.6 Å². The molecule has 26 heavy (non-hydrogen) atoms. The molecule has 10 heteroatoms. The minimum atomic E-state index is -0.537. The van der Waals surface area contributed by atoms with Gasteiger partial charge < -0.3 is 9.88 Å². The fraction of sp³-hybridized carbons (Fsp3) is 0.438. The van der Waals surface area contributed by atoms with Crippen molar-refractivity contribution in [2.24, 2.45) is 7.05 Å². The monoisotopic (exact) mass is 395 g/mol. The molecule has 1 fully saturated rings. The summed E-state index contributed by atoms with van der Waals surface area (Å²) in [5.74, 6) is 1.20. The first kappa shape index (κ1) is 18.7. The Morgan fingerprint density at radius 2 is 2.15 bits per heavy atom. The second-order valence-corrected chi connectivity index (χ2v) is 7.49. The minimum absolute atomic E-state index is 0.107. The average molecular weight is 396 g/mol. The van der Waals surface area contributed by atoms with Crippen LogP contribution in [0, 0.1) is 10.1 Å². The molecule has 0 bridgehead atoms. The van der Waals surface area contributed by atoms with E-state index in [1.54, 1.807) is 0 Å². The van der Waals surface area contributed by atoms with Crippen LogP contribution in [-0.4, -0.2) is 31.3 Å². The van der Waals surface area contributed by atoms with Crippen molar-refractivity contribution in [2.45, 2.75) is 36.8 Å². The highest BCUT2D eigenvalue weighted by molar-refractivity contribution is 7.99. The van der Waals surface area contributed by atoms with Gasteiger partial charge in [0.15, 0.2) is 5.16 Å². The average Bonchev–Trinajstić information content (AvgIpc) is 3.24. The van der Waals surface area contributed by atoms with E-state index >= 15 is 0 Å². The fourth-order valence-corrected chi connectivity index (χ4v) is 3.91. The Kier molecular flexibility index (Phi) is 5.77. The lowest BCUT2D eigenvalue weighted by atomic mass is 10.1. The summed E-state index contributed by atoms with van der Waals surface area (Å²) in [6.45, 7) is 0. The molecule has 0 saturated heterocycles. The molecule has 0 aliphatic heterocycles. The molecule has 1 aromatic heterocycles. The van der Waals surface area contributed by atoms with E-state index in [0.717, 1.165) is 18.7 Å². The van der Waals surface area contributed by atoms with Gasteiger partial charge in [0.1, 0.15) is 5.82 Å². The van der Waals surface area contributed by atoms with Crippen molar-refractivity contribution in [1.82, 2.24) is 14.8 Å². The molecule has 1 heterocycles. The third kappa shape index (κ3) is 4.16. The topological polar surface area (TPSA) is 103 Å². The van der Waals surface area contributed by atoms with Gasteiger partial charge in [-0.1, -0.05) is 36.2 Å². The van der Waals surface area contributed by atoms with E-state index in [1.807, 2.05) is 11.6 Å². The maximum atomic E-state index is 12.2. The van der Waals surface area contributed by atoms with E-state index < -0.39 is 4.92 Å². The van der Waals surface area contributed by atoms with Crippen molar-refractivity contribution in [3.05, 3.63) is 39.2 Å². The maximum absolute atomic E-state index is 12.2. The third-order valence-electron chi connectivity index (χ3n) is 4.36. The lowest BCUT2D eigenvalue weighted by Crippen LogP contribution is -2.15. The standard InChI is InChI=1S/C16H18ClN5O3S/c1-21-15(10-4-2-3-5-10)19-20-16(21)26-9-14(23)18-13-8-11(22(24)25)6-7-12(13)17/h6-8,10H,2-5,9H2,1H3,(H,18,23). The number of hydrogen-bond donors (Lipinski definition) is 1. The number of halogens is 1. The molecular formula is C16H18ClN5O3S. The van der Waals surface area contributed by atoms with Gasteiger partial charge in [-0.25, -0.2) is 0 Å². The SMILES string of the molecule is Cn1c(SCC(=O)Nc2cc([N+](=O)[O-])ccc2Cl)nnc1C1CCCC1. The Morgan fingerprint density at radius 1 is 1.42 bits per heavy atom. The molecule has 1 aromatic carbocycles. The van der Waals surface area contributed by atoms with Crippen LogP contribution in [0.4, 0.5) is 11.4 Å². The van der Waals surface area contributed by atoms with Crippen LogP contribution in [0.15, 0.2) is 23.4 Å². The molecule has 0 atom stereocenters. The zero-order chi connectivity index (χ0) is 18.7. The molecule has 1 amide bonds. The van der Waals surface area contributed by atoms with Crippen molar-refractivity contribution in [2.75, 3.05) is 11.1 Å². The zero-order valence-corrected chi connectivity index (χ0v) is 15.7. The first-order chi connectivity index (χ1) is 12.5. The van der Waals surface area contributed by atoms with Crippen LogP contribution >= 0.6 is 23.4 Å². The molecule has 0 spiro atoms. The molecule has 3 rings (SSSR count). The molecule has 0 unspecified atom stereocenters. The number of carbonyl (C=O) groups excluding carboxylic acids is 1. The number of amides is 1. The molecule has 138 valence electrons. The van der Waals surface area contributed by atoms with E-state index in [1.165, 1.54) is 42.8 Å². The Labute approximate surface area is 159 Å². The summed E-state index contributed by atoms with van der Waals surface area (Å²) in [6, 6.07) is 3.92. The van der Waals surface area contributed by atoms with E-state index in [2.05, 4.69) is 15.5 Å². The fourth-order valence-electron chi connectivity index (χ4n) is 3.03. The first-order valence-electron chi connectivity index (χ1n) is 8.21. The molecule has 2 aromatic rings. The summed E-state index contributed by atoms with van der Waals surface area (Å²) in [6.07, 6.45) is 4.68. The summed E-state index contributed by atoms with van der Waals surface area (Å²) >= 11 is 7.26. The molecule has 1 aliphatic rings. The number of benzene rings is 1. The number of aromatic nitrogens is 3. The van der Waals surface area contributed by atoms with Crippen molar-refractivity contribution in [3.8, 4) is 0 Å². The number of thioether (sulfide) groups is 1. The lowest BCUT2D eigenvalue weighted by molar-refractivity contribution is -0.384.